The highest BCUT2D eigenvalue weighted by atomic mass is 19.3. The minimum atomic E-state index is -2.40. The molecule has 0 bridgehead atoms. The van der Waals surface area contributed by atoms with E-state index in [4.69, 9.17) is 4.74 Å². The van der Waals surface area contributed by atoms with Crippen LogP contribution >= 0.6 is 0 Å². The van der Waals surface area contributed by atoms with Gasteiger partial charge in [0.1, 0.15) is 12.4 Å². The zero-order chi connectivity index (χ0) is 12.0. The van der Waals surface area contributed by atoms with Crippen LogP contribution < -0.4 is 5.32 Å². The van der Waals surface area contributed by atoms with Gasteiger partial charge in [-0.3, -0.25) is 0 Å². The molecule has 1 heterocycles. The smallest absolute Gasteiger partial charge is 0.261 e. The summed E-state index contributed by atoms with van der Waals surface area (Å²) in [4.78, 5) is 4.20. The molecule has 0 aliphatic carbocycles. The van der Waals surface area contributed by atoms with Crippen LogP contribution in [0, 0.1) is 0 Å². The van der Waals surface area contributed by atoms with Gasteiger partial charge < -0.3 is 14.6 Å². The third-order valence-corrected chi connectivity index (χ3v) is 2.31. The Balaban J connectivity index is 2.36. The summed E-state index contributed by atoms with van der Waals surface area (Å²) in [5.41, 5.74) is 0. The molecule has 1 unspecified atom stereocenters. The van der Waals surface area contributed by atoms with E-state index < -0.39 is 13.0 Å². The number of rotatable bonds is 7. The Labute approximate surface area is 93.6 Å². The lowest BCUT2D eigenvalue weighted by Gasteiger charge is -2.15. The highest BCUT2D eigenvalue weighted by Crippen LogP contribution is 2.13. The fourth-order valence-electron chi connectivity index (χ4n) is 1.49. The molecular formula is C10H17F2N3O. The summed E-state index contributed by atoms with van der Waals surface area (Å²) < 4.78 is 30.4. The molecule has 0 saturated heterocycles. The molecule has 1 aromatic rings. The van der Waals surface area contributed by atoms with Crippen LogP contribution in [0.4, 0.5) is 8.78 Å². The SMILES string of the molecule is CNC(CCOCC(F)F)c1nccn1C. The highest BCUT2D eigenvalue weighted by Gasteiger charge is 2.13. The van der Waals surface area contributed by atoms with Gasteiger partial charge in [0.25, 0.3) is 6.43 Å². The van der Waals surface area contributed by atoms with E-state index in [-0.39, 0.29) is 6.04 Å². The number of aryl methyl sites for hydroxylation is 1. The van der Waals surface area contributed by atoms with E-state index in [0.29, 0.717) is 13.0 Å². The number of alkyl halides is 2. The van der Waals surface area contributed by atoms with Gasteiger partial charge in [0.05, 0.1) is 6.04 Å². The number of nitrogens with one attached hydrogen (secondary N) is 1. The van der Waals surface area contributed by atoms with Crippen molar-refractivity contribution in [3.8, 4) is 0 Å². The summed E-state index contributed by atoms with van der Waals surface area (Å²) in [5.74, 6) is 0.878. The minimum Gasteiger partial charge on any atom is -0.375 e. The molecule has 0 aromatic carbocycles. The number of hydrogen-bond donors (Lipinski definition) is 1. The summed E-state index contributed by atoms with van der Waals surface area (Å²) >= 11 is 0. The molecule has 0 aliphatic rings. The lowest BCUT2D eigenvalue weighted by Crippen LogP contribution is -2.22. The molecule has 16 heavy (non-hydrogen) atoms. The first kappa shape index (κ1) is 13.1. The molecule has 6 heteroatoms. The maximum Gasteiger partial charge on any atom is 0.261 e. The molecule has 1 rings (SSSR count). The summed E-state index contributed by atoms with van der Waals surface area (Å²) in [5, 5.41) is 3.08. The molecule has 0 aliphatic heterocycles. The van der Waals surface area contributed by atoms with E-state index >= 15 is 0 Å². The molecule has 1 aromatic heterocycles. The predicted molar refractivity (Wildman–Crippen MR) is 56.4 cm³/mol. The van der Waals surface area contributed by atoms with Gasteiger partial charge in [0.15, 0.2) is 0 Å². The molecule has 0 radical (unpaired) electrons. The van der Waals surface area contributed by atoms with Crippen LogP contribution in [-0.2, 0) is 11.8 Å². The van der Waals surface area contributed by atoms with Crippen LogP contribution in [0.1, 0.15) is 18.3 Å². The molecule has 1 N–H and O–H groups in total. The van der Waals surface area contributed by atoms with Gasteiger partial charge >= 0.3 is 0 Å². The largest absolute Gasteiger partial charge is 0.375 e. The average Bonchev–Trinajstić information content (AvgIpc) is 2.65. The van der Waals surface area contributed by atoms with E-state index in [1.807, 2.05) is 24.9 Å². The maximum absolute atomic E-state index is 11.8. The summed E-state index contributed by atoms with van der Waals surface area (Å²) in [6, 6.07) is 0.0256. The first-order valence-corrected chi connectivity index (χ1v) is 5.15. The van der Waals surface area contributed by atoms with Crippen molar-refractivity contribution >= 4 is 0 Å². The number of imidazole rings is 1. The lowest BCUT2D eigenvalue weighted by atomic mass is 10.2. The van der Waals surface area contributed by atoms with Crippen LogP contribution in [-0.4, -0.2) is 36.2 Å². The second kappa shape index (κ2) is 6.55. The van der Waals surface area contributed by atoms with Gasteiger partial charge in [-0.2, -0.15) is 0 Å². The lowest BCUT2D eigenvalue weighted by molar-refractivity contribution is 0.0143. The number of aromatic nitrogens is 2. The van der Waals surface area contributed by atoms with Gasteiger partial charge in [-0.05, 0) is 13.5 Å². The average molecular weight is 233 g/mol. The fourth-order valence-corrected chi connectivity index (χ4v) is 1.49. The first-order chi connectivity index (χ1) is 7.65. The van der Waals surface area contributed by atoms with Crippen LogP contribution in [0.25, 0.3) is 0 Å². The summed E-state index contributed by atoms with van der Waals surface area (Å²) in [6.45, 7) is -0.209. The zero-order valence-electron chi connectivity index (χ0n) is 9.49. The Kier molecular flexibility index (Phi) is 5.34. The molecule has 0 saturated carbocycles. The Bertz CT molecular complexity index is 304. The van der Waals surface area contributed by atoms with Gasteiger partial charge in [-0.1, -0.05) is 0 Å². The quantitative estimate of drug-likeness (QED) is 0.723. The van der Waals surface area contributed by atoms with E-state index in [2.05, 4.69) is 10.3 Å². The minimum absolute atomic E-state index is 0.0256. The molecule has 0 fully saturated rings. The number of ether oxygens (including phenoxy) is 1. The van der Waals surface area contributed by atoms with Crippen molar-refractivity contribution < 1.29 is 13.5 Å². The van der Waals surface area contributed by atoms with Crippen molar-refractivity contribution in [1.82, 2.24) is 14.9 Å². The van der Waals surface area contributed by atoms with Crippen LogP contribution in [0.5, 0.6) is 0 Å². The maximum atomic E-state index is 11.8. The van der Waals surface area contributed by atoms with E-state index in [1.165, 1.54) is 0 Å². The zero-order valence-corrected chi connectivity index (χ0v) is 9.49. The molecular weight excluding hydrogens is 216 g/mol. The Hall–Kier alpha value is -1.01. The van der Waals surface area contributed by atoms with Crippen molar-refractivity contribution in [2.75, 3.05) is 20.3 Å². The normalized spacial score (nSPS) is 13.3. The monoisotopic (exact) mass is 233 g/mol. The van der Waals surface area contributed by atoms with Gasteiger partial charge in [0, 0.05) is 26.0 Å². The van der Waals surface area contributed by atoms with Crippen molar-refractivity contribution in [2.24, 2.45) is 7.05 Å². The Morgan fingerprint density at radius 1 is 1.56 bits per heavy atom. The second-order valence-corrected chi connectivity index (χ2v) is 3.49. The third kappa shape index (κ3) is 3.86. The molecule has 92 valence electrons. The molecule has 0 amide bonds. The Morgan fingerprint density at radius 2 is 2.31 bits per heavy atom. The summed E-state index contributed by atoms with van der Waals surface area (Å²) in [7, 11) is 3.71. The Morgan fingerprint density at radius 3 is 2.81 bits per heavy atom. The predicted octanol–water partition coefficient (Wildman–Crippen LogP) is 1.35. The van der Waals surface area contributed by atoms with Crippen molar-refractivity contribution in [3.05, 3.63) is 18.2 Å². The van der Waals surface area contributed by atoms with Crippen molar-refractivity contribution in [2.45, 2.75) is 18.9 Å². The van der Waals surface area contributed by atoms with Crippen LogP contribution in [0.3, 0.4) is 0 Å². The number of nitrogens with zero attached hydrogens (tertiary/aromatic N) is 2. The first-order valence-electron chi connectivity index (χ1n) is 5.15. The van der Waals surface area contributed by atoms with Gasteiger partial charge in [-0.25, -0.2) is 13.8 Å². The van der Waals surface area contributed by atoms with E-state index in [1.54, 1.807) is 6.20 Å². The third-order valence-electron chi connectivity index (χ3n) is 2.31. The second-order valence-electron chi connectivity index (χ2n) is 3.49. The van der Waals surface area contributed by atoms with Crippen LogP contribution in [0.2, 0.25) is 0 Å². The van der Waals surface area contributed by atoms with Crippen LogP contribution in [0.15, 0.2) is 12.4 Å². The van der Waals surface area contributed by atoms with Crippen molar-refractivity contribution in [3.63, 3.8) is 0 Å². The van der Waals surface area contributed by atoms with Crippen molar-refractivity contribution in [1.29, 1.82) is 0 Å². The van der Waals surface area contributed by atoms with E-state index in [0.717, 1.165) is 5.82 Å². The topological polar surface area (TPSA) is 39.1 Å². The number of hydrogen-bond acceptors (Lipinski definition) is 3. The van der Waals surface area contributed by atoms with Gasteiger partial charge in [0.2, 0.25) is 0 Å². The highest BCUT2D eigenvalue weighted by molar-refractivity contribution is 4.98. The fraction of sp³-hybridized carbons (Fsp3) is 0.700. The summed E-state index contributed by atoms with van der Waals surface area (Å²) in [6.07, 6.45) is 1.77. The van der Waals surface area contributed by atoms with Gasteiger partial charge in [-0.15, -0.1) is 0 Å². The number of halogens is 2. The standard InChI is InChI=1S/C10H17F2N3O/c1-13-8(3-6-16-7-9(11)12)10-14-4-5-15(10)2/h4-5,8-9,13H,3,6-7H2,1-2H3. The van der Waals surface area contributed by atoms with E-state index in [9.17, 15) is 8.78 Å². The molecule has 4 nitrogen and oxygen atoms in total. The molecule has 1 atom stereocenters. The molecule has 0 spiro atoms.